The summed E-state index contributed by atoms with van der Waals surface area (Å²) in [6.45, 7) is 12.7. The summed E-state index contributed by atoms with van der Waals surface area (Å²) in [5, 5.41) is 0. The van der Waals surface area contributed by atoms with Gasteiger partial charge in [0.05, 0.1) is 11.5 Å². The van der Waals surface area contributed by atoms with Gasteiger partial charge < -0.3 is 0 Å². The van der Waals surface area contributed by atoms with Gasteiger partial charge in [-0.3, -0.25) is 4.18 Å². The molecule has 0 radical (unpaired) electrons. The van der Waals surface area contributed by atoms with E-state index >= 15 is 0 Å². The number of benzene rings is 1. The molecule has 0 aliphatic carbocycles. The molecule has 0 amide bonds. The van der Waals surface area contributed by atoms with Crippen LogP contribution in [-0.4, -0.2) is 15.0 Å². The predicted octanol–water partition coefficient (Wildman–Crippen LogP) is 7.85. The molecule has 0 aliphatic heterocycles. The summed E-state index contributed by atoms with van der Waals surface area (Å²) in [5.41, 5.74) is 6.40. The Kier molecular flexibility index (Phi) is 12.4. The van der Waals surface area contributed by atoms with Crippen LogP contribution in [0.1, 0.15) is 78.7 Å². The average Bonchev–Trinajstić information content (AvgIpc) is 2.68. The van der Waals surface area contributed by atoms with Crippen molar-refractivity contribution in [1.82, 2.24) is 0 Å². The standard InChI is InChI=1S/C27H40O3S/c1-22(2)10-7-11-23(3)12-8-13-24(4)14-9-15-25(5)20-21-30-31(28,29)27-18-16-26(6)17-19-27/h10,12,14,16-20H,7-9,11,13,15,21H2,1-6H3/b23-12+,24-14-,25-20+. The van der Waals surface area contributed by atoms with Crippen molar-refractivity contribution in [3.63, 3.8) is 0 Å². The molecule has 3 nitrogen and oxygen atoms in total. The normalized spacial score (nSPS) is 13.4. The molecule has 0 spiro atoms. The topological polar surface area (TPSA) is 43.4 Å². The van der Waals surface area contributed by atoms with Crippen molar-refractivity contribution >= 4 is 10.1 Å². The van der Waals surface area contributed by atoms with Crippen LogP contribution in [-0.2, 0) is 14.3 Å². The van der Waals surface area contributed by atoms with Gasteiger partial charge in [0.15, 0.2) is 0 Å². The van der Waals surface area contributed by atoms with Crippen LogP contribution in [0.15, 0.2) is 75.8 Å². The lowest BCUT2D eigenvalue weighted by Crippen LogP contribution is -2.06. The quantitative estimate of drug-likeness (QED) is 0.230. The van der Waals surface area contributed by atoms with Crippen molar-refractivity contribution in [3.8, 4) is 0 Å². The molecule has 0 unspecified atom stereocenters. The van der Waals surface area contributed by atoms with Gasteiger partial charge in [-0.25, -0.2) is 0 Å². The van der Waals surface area contributed by atoms with E-state index in [1.54, 1.807) is 24.3 Å². The number of rotatable bonds is 13. The number of hydrogen-bond acceptors (Lipinski definition) is 3. The highest BCUT2D eigenvalue weighted by molar-refractivity contribution is 7.86. The minimum atomic E-state index is -3.70. The largest absolute Gasteiger partial charge is 0.297 e. The monoisotopic (exact) mass is 444 g/mol. The van der Waals surface area contributed by atoms with Gasteiger partial charge in [0.25, 0.3) is 10.1 Å². The molecular weight excluding hydrogens is 404 g/mol. The predicted molar refractivity (Wildman–Crippen MR) is 133 cm³/mol. The third-order valence-electron chi connectivity index (χ3n) is 5.12. The maximum Gasteiger partial charge on any atom is 0.297 e. The Balaban J connectivity index is 2.35. The van der Waals surface area contributed by atoms with Gasteiger partial charge in [0.2, 0.25) is 0 Å². The third-order valence-corrected chi connectivity index (χ3v) is 6.41. The molecule has 0 aliphatic rings. The fraction of sp³-hybridized carbons (Fsp3) is 0.481. The van der Waals surface area contributed by atoms with Gasteiger partial charge in [-0.1, -0.05) is 64.3 Å². The molecule has 4 heteroatoms. The molecule has 1 aromatic rings. The Bertz CT molecular complexity index is 894. The SMILES string of the molecule is CC(C)=CCC/C(C)=C/CC/C(C)=C\CC/C(C)=C/COS(=O)(=O)c1ccc(C)cc1. The van der Waals surface area contributed by atoms with Crippen LogP contribution in [0.2, 0.25) is 0 Å². The molecule has 0 N–H and O–H groups in total. The summed E-state index contributed by atoms with van der Waals surface area (Å²) in [4.78, 5) is 0.198. The fourth-order valence-electron chi connectivity index (χ4n) is 3.03. The van der Waals surface area contributed by atoms with E-state index in [0.717, 1.165) is 49.7 Å². The van der Waals surface area contributed by atoms with Gasteiger partial charge in [-0.15, -0.1) is 0 Å². The first-order chi connectivity index (χ1) is 14.6. The van der Waals surface area contributed by atoms with Crippen molar-refractivity contribution in [3.05, 3.63) is 76.4 Å². The molecule has 1 rings (SSSR count). The second-order valence-corrected chi connectivity index (χ2v) is 10.2. The van der Waals surface area contributed by atoms with Gasteiger partial charge in [0, 0.05) is 0 Å². The van der Waals surface area contributed by atoms with E-state index in [4.69, 9.17) is 4.18 Å². The van der Waals surface area contributed by atoms with E-state index in [1.165, 1.54) is 16.7 Å². The van der Waals surface area contributed by atoms with Crippen molar-refractivity contribution in [1.29, 1.82) is 0 Å². The van der Waals surface area contributed by atoms with Gasteiger partial charge in [0.1, 0.15) is 0 Å². The van der Waals surface area contributed by atoms with E-state index in [2.05, 4.69) is 45.9 Å². The number of allylic oxidation sites excluding steroid dienone is 7. The second-order valence-electron chi connectivity index (χ2n) is 8.60. The summed E-state index contributed by atoms with van der Waals surface area (Å²) in [7, 11) is -3.70. The first kappa shape index (κ1) is 27.1. The fourth-order valence-corrected chi connectivity index (χ4v) is 3.88. The van der Waals surface area contributed by atoms with Crippen molar-refractivity contribution in [2.24, 2.45) is 0 Å². The Labute approximate surface area is 190 Å². The Morgan fingerprint density at radius 3 is 1.68 bits per heavy atom. The minimum absolute atomic E-state index is 0.0710. The minimum Gasteiger partial charge on any atom is -0.262 e. The summed E-state index contributed by atoms with van der Waals surface area (Å²) >= 11 is 0. The molecule has 0 aromatic heterocycles. The van der Waals surface area contributed by atoms with E-state index in [1.807, 2.05) is 19.9 Å². The van der Waals surface area contributed by atoms with Gasteiger partial charge in [-0.05, 0) is 92.2 Å². The van der Waals surface area contributed by atoms with Crippen LogP contribution in [0, 0.1) is 6.92 Å². The molecule has 172 valence electrons. The smallest absolute Gasteiger partial charge is 0.262 e. The molecular formula is C27H40O3S. The highest BCUT2D eigenvalue weighted by Gasteiger charge is 2.13. The maximum absolute atomic E-state index is 12.2. The average molecular weight is 445 g/mol. The molecule has 0 saturated carbocycles. The first-order valence-corrected chi connectivity index (χ1v) is 12.6. The van der Waals surface area contributed by atoms with Crippen LogP contribution in [0.3, 0.4) is 0 Å². The zero-order valence-electron chi connectivity index (χ0n) is 20.2. The Morgan fingerprint density at radius 1 is 0.742 bits per heavy atom. The van der Waals surface area contributed by atoms with Crippen LogP contribution >= 0.6 is 0 Å². The molecule has 0 atom stereocenters. The Morgan fingerprint density at radius 2 is 1.19 bits per heavy atom. The lowest BCUT2D eigenvalue weighted by molar-refractivity contribution is 0.356. The summed E-state index contributed by atoms with van der Waals surface area (Å²) in [6, 6.07) is 6.70. The van der Waals surface area contributed by atoms with E-state index in [9.17, 15) is 8.42 Å². The summed E-state index contributed by atoms with van der Waals surface area (Å²) in [6.07, 6.45) is 15.1. The highest BCUT2D eigenvalue weighted by atomic mass is 32.2. The lowest BCUT2D eigenvalue weighted by Gasteiger charge is -2.05. The van der Waals surface area contributed by atoms with Crippen molar-refractivity contribution in [2.45, 2.75) is 85.0 Å². The number of hydrogen-bond donors (Lipinski definition) is 0. The molecule has 1 aromatic carbocycles. The molecule has 0 bridgehead atoms. The molecule has 0 fully saturated rings. The van der Waals surface area contributed by atoms with E-state index in [-0.39, 0.29) is 11.5 Å². The van der Waals surface area contributed by atoms with Crippen molar-refractivity contribution < 1.29 is 12.6 Å². The van der Waals surface area contributed by atoms with Crippen molar-refractivity contribution in [2.75, 3.05) is 6.61 Å². The zero-order chi connectivity index (χ0) is 23.3. The molecule has 0 heterocycles. The highest BCUT2D eigenvalue weighted by Crippen LogP contribution is 2.15. The van der Waals surface area contributed by atoms with E-state index in [0.29, 0.717) is 0 Å². The van der Waals surface area contributed by atoms with Crippen LogP contribution < -0.4 is 0 Å². The maximum atomic E-state index is 12.2. The van der Waals surface area contributed by atoms with Crippen LogP contribution in [0.25, 0.3) is 0 Å². The summed E-state index contributed by atoms with van der Waals surface area (Å²) in [5.74, 6) is 0. The van der Waals surface area contributed by atoms with Crippen LogP contribution in [0.4, 0.5) is 0 Å². The van der Waals surface area contributed by atoms with Crippen LogP contribution in [0.5, 0.6) is 0 Å². The van der Waals surface area contributed by atoms with Gasteiger partial charge in [-0.2, -0.15) is 8.42 Å². The van der Waals surface area contributed by atoms with E-state index < -0.39 is 10.1 Å². The number of aryl methyl sites for hydroxylation is 1. The second kappa shape index (κ2) is 14.2. The zero-order valence-corrected chi connectivity index (χ0v) is 21.0. The molecule has 0 saturated heterocycles. The lowest BCUT2D eigenvalue weighted by atomic mass is 10.0. The third kappa shape index (κ3) is 12.5. The first-order valence-electron chi connectivity index (χ1n) is 11.2. The van der Waals surface area contributed by atoms with Gasteiger partial charge >= 0.3 is 0 Å². The Hall–Kier alpha value is -1.91. The summed E-state index contributed by atoms with van der Waals surface area (Å²) < 4.78 is 29.5. The molecule has 31 heavy (non-hydrogen) atoms.